The molecule has 0 N–H and O–H groups in total. The highest BCUT2D eigenvalue weighted by Gasteiger charge is 2.45. The van der Waals surface area contributed by atoms with Gasteiger partial charge in [-0.15, -0.1) is 0 Å². The van der Waals surface area contributed by atoms with E-state index in [0.29, 0.717) is 6.07 Å². The molecule has 178 valence electrons. The van der Waals surface area contributed by atoms with Crippen LogP contribution < -0.4 is 5.56 Å². The van der Waals surface area contributed by atoms with Crippen molar-refractivity contribution in [2.75, 3.05) is 6.61 Å². The molecule has 1 atom stereocenters. The lowest BCUT2D eigenvalue weighted by molar-refractivity contribution is 0.0479. The number of ether oxygens (including phenoxy) is 2. The summed E-state index contributed by atoms with van der Waals surface area (Å²) < 4.78 is 73.6. The minimum atomic E-state index is -1.47. The summed E-state index contributed by atoms with van der Waals surface area (Å²) in [4.78, 5) is 28.3. The van der Waals surface area contributed by atoms with Crippen LogP contribution in [0, 0.1) is 23.3 Å². The number of benzene rings is 2. The highest BCUT2D eigenvalue weighted by molar-refractivity contribution is 5.77. The molecule has 2 aromatic heterocycles. The fraction of sp³-hybridized carbons (Fsp3) is 0.125. The molecule has 0 aliphatic carbocycles. The number of hydrogen-bond acceptors (Lipinski definition) is 6. The molecule has 35 heavy (non-hydrogen) atoms. The molecule has 0 spiro atoms. The van der Waals surface area contributed by atoms with E-state index < -0.39 is 46.3 Å². The first-order valence-electron chi connectivity index (χ1n) is 10.2. The van der Waals surface area contributed by atoms with Gasteiger partial charge in [-0.2, -0.15) is 0 Å². The maximum Gasteiger partial charge on any atom is 0.509 e. The molecule has 3 heterocycles. The van der Waals surface area contributed by atoms with Crippen molar-refractivity contribution in [1.29, 1.82) is 0 Å². The van der Waals surface area contributed by atoms with E-state index in [4.69, 9.17) is 13.9 Å². The van der Waals surface area contributed by atoms with Gasteiger partial charge in [-0.3, -0.25) is 9.36 Å². The van der Waals surface area contributed by atoms with Crippen molar-refractivity contribution in [3.63, 3.8) is 0 Å². The molecule has 1 saturated heterocycles. The number of oxazole rings is 1. The molecule has 5 rings (SSSR count). The van der Waals surface area contributed by atoms with Crippen LogP contribution in [0.1, 0.15) is 12.8 Å². The summed E-state index contributed by atoms with van der Waals surface area (Å²) >= 11 is 0. The van der Waals surface area contributed by atoms with Gasteiger partial charge < -0.3 is 13.9 Å². The third-order valence-corrected chi connectivity index (χ3v) is 5.39. The Morgan fingerprint density at radius 1 is 0.971 bits per heavy atom. The van der Waals surface area contributed by atoms with Crippen molar-refractivity contribution in [2.45, 2.75) is 12.5 Å². The summed E-state index contributed by atoms with van der Waals surface area (Å²) in [5.41, 5.74) is -3.05. The van der Waals surface area contributed by atoms with Gasteiger partial charge in [0.25, 0.3) is 5.56 Å². The van der Waals surface area contributed by atoms with Crippen LogP contribution in [0.5, 0.6) is 0 Å². The molecule has 4 aromatic rings. The second-order valence-corrected chi connectivity index (χ2v) is 7.89. The van der Waals surface area contributed by atoms with Crippen LogP contribution in [0.3, 0.4) is 0 Å². The molecule has 0 saturated carbocycles. The van der Waals surface area contributed by atoms with E-state index in [0.717, 1.165) is 47.2 Å². The fourth-order valence-corrected chi connectivity index (χ4v) is 3.67. The summed E-state index contributed by atoms with van der Waals surface area (Å²) in [5, 5.41) is 0. The van der Waals surface area contributed by atoms with Crippen molar-refractivity contribution in [3.8, 4) is 28.3 Å². The summed E-state index contributed by atoms with van der Waals surface area (Å²) in [5.74, 6) is -4.08. The van der Waals surface area contributed by atoms with Crippen LogP contribution in [0.2, 0.25) is 0 Å². The molecule has 0 amide bonds. The average Bonchev–Trinajstić information content (AvgIpc) is 3.39. The first kappa shape index (κ1) is 22.4. The van der Waals surface area contributed by atoms with E-state index in [1.165, 1.54) is 13.0 Å². The van der Waals surface area contributed by atoms with Gasteiger partial charge in [0, 0.05) is 29.5 Å². The first-order valence-corrected chi connectivity index (χ1v) is 10.2. The highest BCUT2D eigenvalue weighted by Crippen LogP contribution is 2.39. The molecule has 0 radical (unpaired) electrons. The third-order valence-electron chi connectivity index (χ3n) is 5.39. The number of pyridine rings is 1. The molecule has 0 unspecified atom stereocenters. The van der Waals surface area contributed by atoms with E-state index in [1.807, 2.05) is 0 Å². The quantitative estimate of drug-likeness (QED) is 0.295. The van der Waals surface area contributed by atoms with Gasteiger partial charge >= 0.3 is 6.16 Å². The lowest BCUT2D eigenvalue weighted by atomic mass is 10.1. The summed E-state index contributed by atoms with van der Waals surface area (Å²) in [6, 6.07) is 8.21. The van der Waals surface area contributed by atoms with Gasteiger partial charge in [-0.25, -0.2) is 27.3 Å². The number of cyclic esters (lactones) is 2. The van der Waals surface area contributed by atoms with E-state index >= 15 is 0 Å². The Bertz CT molecular complexity index is 1530. The van der Waals surface area contributed by atoms with E-state index in [2.05, 4.69) is 4.98 Å². The van der Waals surface area contributed by atoms with Crippen LogP contribution in [0.15, 0.2) is 63.9 Å². The van der Waals surface area contributed by atoms with Crippen molar-refractivity contribution < 1.29 is 36.2 Å². The number of hydrogen-bond donors (Lipinski definition) is 0. The molecule has 1 fully saturated rings. The van der Waals surface area contributed by atoms with Crippen LogP contribution in [-0.2, 0) is 15.1 Å². The highest BCUT2D eigenvalue weighted by atomic mass is 19.1. The third kappa shape index (κ3) is 3.84. The SMILES string of the molecule is C[C@]1(c2nc(-c3ccc(F)cc3F)c(-c3ccc(=O)n(-c4c(F)cccc4F)c3)o2)COC(=O)O1. The second-order valence-electron chi connectivity index (χ2n) is 7.89. The Morgan fingerprint density at radius 3 is 2.37 bits per heavy atom. The van der Waals surface area contributed by atoms with Crippen molar-refractivity contribution in [2.24, 2.45) is 0 Å². The Balaban J connectivity index is 1.74. The van der Waals surface area contributed by atoms with Crippen molar-refractivity contribution in [3.05, 3.63) is 94.2 Å². The minimum absolute atomic E-state index is 0.0820. The zero-order valence-electron chi connectivity index (χ0n) is 17.9. The number of aromatic nitrogens is 2. The molecule has 0 bridgehead atoms. The van der Waals surface area contributed by atoms with Gasteiger partial charge in [0.1, 0.15) is 41.3 Å². The number of carbonyl (C=O) groups is 1. The molecule has 11 heteroatoms. The predicted molar refractivity (Wildman–Crippen MR) is 113 cm³/mol. The molecular formula is C24H14F4N2O5. The molecular weight excluding hydrogens is 472 g/mol. The van der Waals surface area contributed by atoms with Crippen molar-refractivity contribution in [1.82, 2.24) is 9.55 Å². The molecule has 1 aliphatic heterocycles. The maximum atomic E-state index is 14.7. The number of nitrogens with zero attached hydrogens (tertiary/aromatic N) is 2. The number of halogens is 4. The molecule has 7 nitrogen and oxygen atoms in total. The monoisotopic (exact) mass is 486 g/mol. The topological polar surface area (TPSA) is 83.6 Å². The first-order chi connectivity index (χ1) is 16.7. The predicted octanol–water partition coefficient (Wildman–Crippen LogP) is 5.10. The minimum Gasteiger partial charge on any atom is -0.436 e. The largest absolute Gasteiger partial charge is 0.509 e. The van der Waals surface area contributed by atoms with Crippen molar-refractivity contribution >= 4 is 6.16 Å². The van der Waals surface area contributed by atoms with Crippen LogP contribution >= 0.6 is 0 Å². The Morgan fingerprint density at radius 2 is 1.71 bits per heavy atom. The Labute approximate surface area is 194 Å². The second kappa shape index (κ2) is 8.12. The normalized spacial score (nSPS) is 17.3. The summed E-state index contributed by atoms with van der Waals surface area (Å²) in [6.45, 7) is 1.20. The maximum absolute atomic E-state index is 14.7. The zero-order valence-corrected chi connectivity index (χ0v) is 17.9. The fourth-order valence-electron chi connectivity index (χ4n) is 3.67. The summed E-state index contributed by atoms with van der Waals surface area (Å²) in [6.07, 6.45) is 0.128. The van der Waals surface area contributed by atoms with Crippen LogP contribution in [0.25, 0.3) is 28.3 Å². The Hall–Kier alpha value is -4.41. The number of carbonyl (C=O) groups excluding carboxylic acids is 1. The van der Waals surface area contributed by atoms with Crippen LogP contribution in [0.4, 0.5) is 22.4 Å². The molecule has 1 aliphatic rings. The Kier molecular flexibility index (Phi) is 5.19. The number of para-hydroxylation sites is 1. The van der Waals surface area contributed by atoms with E-state index in [9.17, 15) is 27.2 Å². The van der Waals surface area contributed by atoms with Gasteiger partial charge in [-0.05, 0) is 37.3 Å². The number of rotatable bonds is 4. The standard InChI is InChI=1S/C24H14F4N2O5/c1-24(11-33-23(32)35-24)22-29-19(14-7-6-13(25)9-17(14)28)21(34-22)12-5-8-18(31)30(10-12)20-15(26)3-2-4-16(20)27/h2-10H,11H2,1H3/t24-/m1/s1. The summed E-state index contributed by atoms with van der Waals surface area (Å²) in [7, 11) is 0. The van der Waals surface area contributed by atoms with Gasteiger partial charge in [0.15, 0.2) is 5.76 Å². The van der Waals surface area contributed by atoms with Gasteiger partial charge in [-0.1, -0.05) is 6.07 Å². The smallest absolute Gasteiger partial charge is 0.436 e. The lowest BCUT2D eigenvalue weighted by Crippen LogP contribution is -2.24. The van der Waals surface area contributed by atoms with Gasteiger partial charge in [0.05, 0.1) is 0 Å². The van der Waals surface area contributed by atoms with E-state index in [-0.39, 0.29) is 35.1 Å². The van der Waals surface area contributed by atoms with Crippen LogP contribution in [-0.4, -0.2) is 22.3 Å². The zero-order chi connectivity index (χ0) is 24.9. The lowest BCUT2D eigenvalue weighted by Gasteiger charge is -2.14. The molecule has 2 aromatic carbocycles. The average molecular weight is 486 g/mol. The van der Waals surface area contributed by atoms with Gasteiger partial charge in [0.2, 0.25) is 11.5 Å². The van der Waals surface area contributed by atoms with E-state index in [1.54, 1.807) is 0 Å².